The first kappa shape index (κ1) is 14.4. The Morgan fingerprint density at radius 3 is 2.88 bits per heavy atom. The van der Waals surface area contributed by atoms with Crippen molar-refractivity contribution in [3.8, 4) is 0 Å². The molecule has 17 heavy (non-hydrogen) atoms. The first-order chi connectivity index (χ1) is 8.16. The van der Waals surface area contributed by atoms with Gasteiger partial charge in [0.15, 0.2) is 0 Å². The molecule has 0 aliphatic heterocycles. The summed E-state index contributed by atoms with van der Waals surface area (Å²) < 4.78 is 2.26. The van der Waals surface area contributed by atoms with Gasteiger partial charge in [0.05, 0.1) is 0 Å². The number of unbranched alkanes of at least 4 members (excludes halogenated alkanes) is 1. The van der Waals surface area contributed by atoms with E-state index in [-0.39, 0.29) is 5.56 Å². The average molecular weight is 302 g/mol. The first-order valence-electron chi connectivity index (χ1n) is 6.09. The van der Waals surface area contributed by atoms with Gasteiger partial charge in [-0.05, 0) is 55.2 Å². The Hall–Kier alpha value is -0.680. The highest BCUT2D eigenvalue weighted by atomic mass is 79.9. The van der Waals surface area contributed by atoms with Crippen LogP contribution >= 0.6 is 15.9 Å². The number of nitrogens with one attached hydrogen (secondary N) is 1. The van der Waals surface area contributed by atoms with Gasteiger partial charge in [0.2, 0.25) is 0 Å². The molecule has 0 bridgehead atoms. The van der Waals surface area contributed by atoms with E-state index in [2.05, 4.69) is 33.2 Å². The largest absolute Gasteiger partial charge is 0.317 e. The minimum atomic E-state index is 0.0130. The van der Waals surface area contributed by atoms with Crippen molar-refractivity contribution < 1.29 is 0 Å². The highest BCUT2D eigenvalue weighted by Crippen LogP contribution is 2.02. The van der Waals surface area contributed by atoms with Gasteiger partial charge in [-0.15, -0.1) is 0 Å². The lowest BCUT2D eigenvalue weighted by Gasteiger charge is -2.09. The molecule has 1 heterocycles. The van der Waals surface area contributed by atoms with Crippen LogP contribution in [-0.4, -0.2) is 22.6 Å². The molecule has 0 amide bonds. The van der Waals surface area contributed by atoms with E-state index in [9.17, 15) is 4.79 Å². The van der Waals surface area contributed by atoms with Gasteiger partial charge in [-0.1, -0.05) is 6.92 Å². The fourth-order valence-corrected chi connectivity index (χ4v) is 1.95. The quantitative estimate of drug-likeness (QED) is 0.785. The molecule has 0 aromatic carbocycles. The van der Waals surface area contributed by atoms with Gasteiger partial charge in [0, 0.05) is 12.7 Å². The fraction of sp³-hybridized carbons (Fsp3) is 0.667. The molecule has 0 atom stereocenters. The second-order valence-electron chi connectivity index (χ2n) is 4.07. The lowest BCUT2D eigenvalue weighted by molar-refractivity contribution is 0.542. The van der Waals surface area contributed by atoms with Crippen LogP contribution in [0.3, 0.4) is 0 Å². The van der Waals surface area contributed by atoms with Gasteiger partial charge in [-0.3, -0.25) is 9.36 Å². The van der Waals surface area contributed by atoms with Crippen LogP contribution in [0.25, 0.3) is 0 Å². The molecule has 5 heteroatoms. The van der Waals surface area contributed by atoms with E-state index in [1.54, 1.807) is 10.8 Å². The summed E-state index contributed by atoms with van der Waals surface area (Å²) in [5, 5.41) is 3.35. The molecule has 1 aromatic rings. The summed E-state index contributed by atoms with van der Waals surface area (Å²) in [6.07, 6.45) is 4.80. The molecule has 96 valence electrons. The van der Waals surface area contributed by atoms with Crippen LogP contribution in [0, 0.1) is 6.92 Å². The van der Waals surface area contributed by atoms with E-state index >= 15 is 0 Å². The summed E-state index contributed by atoms with van der Waals surface area (Å²) in [6.45, 7) is 6.84. The third-order valence-electron chi connectivity index (χ3n) is 2.62. The van der Waals surface area contributed by atoms with Gasteiger partial charge < -0.3 is 5.32 Å². The van der Waals surface area contributed by atoms with Crippen molar-refractivity contribution in [2.45, 2.75) is 39.7 Å². The summed E-state index contributed by atoms with van der Waals surface area (Å²) >= 11 is 3.22. The van der Waals surface area contributed by atoms with E-state index in [4.69, 9.17) is 0 Å². The summed E-state index contributed by atoms with van der Waals surface area (Å²) in [5.74, 6) is 0.778. The molecule has 0 spiro atoms. The van der Waals surface area contributed by atoms with Crippen molar-refractivity contribution in [3.05, 3.63) is 26.8 Å². The molecule has 1 aromatic heterocycles. The number of aromatic nitrogens is 2. The second kappa shape index (κ2) is 7.61. The average Bonchev–Trinajstić information content (AvgIpc) is 2.32. The van der Waals surface area contributed by atoms with Crippen LogP contribution in [0.5, 0.6) is 0 Å². The predicted octanol–water partition coefficient (Wildman–Crippen LogP) is 2.09. The molecule has 0 aliphatic carbocycles. The van der Waals surface area contributed by atoms with Gasteiger partial charge in [0.25, 0.3) is 5.56 Å². The molecule has 0 unspecified atom stereocenters. The highest BCUT2D eigenvalue weighted by molar-refractivity contribution is 9.10. The normalized spacial score (nSPS) is 10.8. The molecule has 1 rings (SSSR count). The minimum Gasteiger partial charge on any atom is -0.317 e. The Bertz CT molecular complexity index is 403. The van der Waals surface area contributed by atoms with Crippen molar-refractivity contribution in [2.24, 2.45) is 0 Å². The third-order valence-corrected chi connectivity index (χ3v) is 3.16. The zero-order valence-corrected chi connectivity index (χ0v) is 12.1. The number of hydrogen-bond donors (Lipinski definition) is 1. The van der Waals surface area contributed by atoms with Gasteiger partial charge in [-0.2, -0.15) is 0 Å². The molecule has 0 saturated heterocycles. The summed E-state index contributed by atoms with van der Waals surface area (Å²) in [6, 6.07) is 0. The van der Waals surface area contributed by atoms with Crippen LogP contribution in [-0.2, 0) is 6.54 Å². The molecular formula is C12H20BrN3O. The van der Waals surface area contributed by atoms with Crippen LogP contribution in [0.4, 0.5) is 0 Å². The monoisotopic (exact) mass is 301 g/mol. The third kappa shape index (κ3) is 4.60. The predicted molar refractivity (Wildman–Crippen MR) is 73.3 cm³/mol. The number of aryl methyl sites for hydroxylation is 1. The summed E-state index contributed by atoms with van der Waals surface area (Å²) in [5.41, 5.74) is 0.0130. The van der Waals surface area contributed by atoms with E-state index in [0.29, 0.717) is 4.47 Å². The smallest absolute Gasteiger partial charge is 0.267 e. The Morgan fingerprint density at radius 1 is 1.41 bits per heavy atom. The van der Waals surface area contributed by atoms with Crippen molar-refractivity contribution in [1.82, 2.24) is 14.9 Å². The molecule has 0 aliphatic rings. The SMILES string of the molecule is CCCNCCCCn1c(C)ncc(Br)c1=O. The Kier molecular flexibility index (Phi) is 6.44. The Morgan fingerprint density at radius 2 is 2.18 bits per heavy atom. The van der Waals surface area contributed by atoms with E-state index in [1.165, 1.54) is 0 Å². The van der Waals surface area contributed by atoms with Crippen molar-refractivity contribution in [1.29, 1.82) is 0 Å². The zero-order valence-electron chi connectivity index (χ0n) is 10.5. The number of nitrogens with zero attached hydrogens (tertiary/aromatic N) is 2. The Labute approximate surface area is 111 Å². The molecular weight excluding hydrogens is 282 g/mol. The lowest BCUT2D eigenvalue weighted by Crippen LogP contribution is -2.24. The van der Waals surface area contributed by atoms with Crippen LogP contribution in [0.1, 0.15) is 32.0 Å². The Balaban J connectivity index is 2.42. The second-order valence-corrected chi connectivity index (χ2v) is 4.92. The number of hydrogen-bond acceptors (Lipinski definition) is 3. The number of rotatable bonds is 7. The lowest BCUT2D eigenvalue weighted by atomic mass is 10.3. The minimum absolute atomic E-state index is 0.0130. The van der Waals surface area contributed by atoms with Crippen LogP contribution < -0.4 is 10.9 Å². The van der Waals surface area contributed by atoms with Crippen LogP contribution in [0.2, 0.25) is 0 Å². The summed E-state index contributed by atoms with van der Waals surface area (Å²) in [7, 11) is 0. The maximum atomic E-state index is 11.8. The first-order valence-corrected chi connectivity index (χ1v) is 6.88. The maximum absolute atomic E-state index is 11.8. The van der Waals surface area contributed by atoms with Crippen molar-refractivity contribution in [2.75, 3.05) is 13.1 Å². The molecule has 0 fully saturated rings. The van der Waals surface area contributed by atoms with E-state index in [1.807, 2.05) is 6.92 Å². The van der Waals surface area contributed by atoms with Crippen molar-refractivity contribution in [3.63, 3.8) is 0 Å². The number of halogens is 1. The van der Waals surface area contributed by atoms with Crippen molar-refractivity contribution >= 4 is 15.9 Å². The molecule has 0 radical (unpaired) electrons. The van der Waals surface area contributed by atoms with Crippen LogP contribution in [0.15, 0.2) is 15.5 Å². The molecule has 4 nitrogen and oxygen atoms in total. The topological polar surface area (TPSA) is 46.9 Å². The highest BCUT2D eigenvalue weighted by Gasteiger charge is 2.04. The zero-order chi connectivity index (χ0) is 12.7. The summed E-state index contributed by atoms with van der Waals surface area (Å²) in [4.78, 5) is 16.0. The molecule has 1 N–H and O–H groups in total. The molecule has 0 saturated carbocycles. The van der Waals surface area contributed by atoms with Gasteiger partial charge in [0.1, 0.15) is 10.3 Å². The van der Waals surface area contributed by atoms with Gasteiger partial charge in [-0.25, -0.2) is 4.98 Å². The van der Waals surface area contributed by atoms with E-state index < -0.39 is 0 Å². The van der Waals surface area contributed by atoms with E-state index in [0.717, 1.165) is 44.7 Å². The standard InChI is InChI=1S/C12H20BrN3O/c1-3-6-14-7-4-5-8-16-10(2)15-9-11(13)12(16)17/h9,14H,3-8H2,1-2H3. The van der Waals surface area contributed by atoms with Gasteiger partial charge >= 0.3 is 0 Å². The maximum Gasteiger partial charge on any atom is 0.267 e. The fourth-order valence-electron chi connectivity index (χ4n) is 1.64.